The van der Waals surface area contributed by atoms with Gasteiger partial charge in [0.1, 0.15) is 5.84 Å². The molecule has 1 fully saturated rings. The summed E-state index contributed by atoms with van der Waals surface area (Å²) in [6, 6.07) is 24.2. The molecular formula is C28H30Cl2N4. The van der Waals surface area contributed by atoms with E-state index in [-0.39, 0.29) is 5.84 Å². The number of nitrogens with one attached hydrogen (secondary N) is 2. The Labute approximate surface area is 212 Å². The van der Waals surface area contributed by atoms with Crippen molar-refractivity contribution >= 4 is 46.5 Å². The van der Waals surface area contributed by atoms with Gasteiger partial charge in [-0.15, -0.1) is 0 Å². The van der Waals surface area contributed by atoms with Crippen molar-refractivity contribution in [3.05, 3.63) is 100 Å². The van der Waals surface area contributed by atoms with Gasteiger partial charge in [0.2, 0.25) is 0 Å². The van der Waals surface area contributed by atoms with Crippen LogP contribution in [-0.2, 0) is 0 Å². The molecular weight excluding hydrogens is 463 g/mol. The fraction of sp³-hybridized carbons (Fsp3) is 0.250. The van der Waals surface area contributed by atoms with Crippen molar-refractivity contribution in [1.29, 1.82) is 5.41 Å². The van der Waals surface area contributed by atoms with Gasteiger partial charge in [-0.3, -0.25) is 10.3 Å². The van der Waals surface area contributed by atoms with Crippen molar-refractivity contribution in [2.24, 2.45) is 0 Å². The zero-order valence-corrected chi connectivity index (χ0v) is 20.9. The van der Waals surface area contributed by atoms with E-state index < -0.39 is 0 Å². The zero-order chi connectivity index (χ0) is 23.9. The van der Waals surface area contributed by atoms with Crippen LogP contribution in [0.15, 0.2) is 78.9 Å². The van der Waals surface area contributed by atoms with E-state index in [1.807, 2.05) is 30.3 Å². The number of benzene rings is 3. The van der Waals surface area contributed by atoms with Gasteiger partial charge >= 0.3 is 0 Å². The van der Waals surface area contributed by atoms with Gasteiger partial charge in [0.15, 0.2) is 0 Å². The second kappa shape index (κ2) is 11.6. The number of anilines is 2. The smallest absolute Gasteiger partial charge is 0.122 e. The van der Waals surface area contributed by atoms with Crippen molar-refractivity contribution in [3.8, 4) is 0 Å². The molecule has 0 amide bonds. The number of amidine groups is 1. The Morgan fingerprint density at radius 1 is 0.971 bits per heavy atom. The molecule has 6 heteroatoms. The third-order valence-electron chi connectivity index (χ3n) is 6.17. The van der Waals surface area contributed by atoms with E-state index in [2.05, 4.69) is 58.4 Å². The lowest BCUT2D eigenvalue weighted by atomic mass is 10.0. The fourth-order valence-electron chi connectivity index (χ4n) is 4.21. The molecule has 0 aromatic heterocycles. The maximum Gasteiger partial charge on any atom is 0.122 e. The van der Waals surface area contributed by atoms with E-state index in [1.165, 1.54) is 5.56 Å². The zero-order valence-electron chi connectivity index (χ0n) is 19.3. The second-order valence-corrected chi connectivity index (χ2v) is 9.53. The Balaban J connectivity index is 1.29. The van der Waals surface area contributed by atoms with Crippen LogP contribution in [0.25, 0.3) is 6.08 Å². The van der Waals surface area contributed by atoms with Gasteiger partial charge in [0.25, 0.3) is 0 Å². The Kier molecular flexibility index (Phi) is 8.28. The minimum absolute atomic E-state index is 0.281. The fourth-order valence-corrected chi connectivity index (χ4v) is 4.58. The maximum atomic E-state index is 8.14. The van der Waals surface area contributed by atoms with Gasteiger partial charge in [-0.05, 0) is 65.6 Å². The topological polar surface area (TPSA) is 42.4 Å². The molecule has 2 N–H and O–H groups in total. The Hall–Kier alpha value is -2.79. The number of halogens is 2. The number of piperazine rings is 1. The quantitative estimate of drug-likeness (QED) is 0.275. The highest BCUT2D eigenvalue weighted by molar-refractivity contribution is 6.32. The van der Waals surface area contributed by atoms with Crippen LogP contribution in [0.5, 0.6) is 0 Å². The summed E-state index contributed by atoms with van der Waals surface area (Å²) in [6.45, 7) is 7.45. The molecule has 0 radical (unpaired) electrons. The Morgan fingerprint density at radius 2 is 1.68 bits per heavy atom. The summed E-state index contributed by atoms with van der Waals surface area (Å²) in [6.07, 6.45) is 3.57. The lowest BCUT2D eigenvalue weighted by Crippen LogP contribution is -2.47. The molecule has 0 saturated carbocycles. The highest BCUT2D eigenvalue weighted by Gasteiger charge is 2.19. The van der Waals surface area contributed by atoms with E-state index in [9.17, 15) is 0 Å². The van der Waals surface area contributed by atoms with Crippen molar-refractivity contribution in [1.82, 2.24) is 4.90 Å². The molecule has 0 spiro atoms. The first-order chi connectivity index (χ1) is 16.5. The molecule has 1 heterocycles. The predicted molar refractivity (Wildman–Crippen MR) is 147 cm³/mol. The second-order valence-electron chi connectivity index (χ2n) is 8.68. The highest BCUT2D eigenvalue weighted by Crippen LogP contribution is 2.26. The summed E-state index contributed by atoms with van der Waals surface area (Å²) in [7, 11) is 0. The molecule has 1 aliphatic rings. The average Bonchev–Trinajstić information content (AvgIpc) is 2.85. The van der Waals surface area contributed by atoms with E-state index in [0.717, 1.165) is 49.7 Å². The number of nitrogens with zero attached hydrogens (tertiary/aromatic N) is 2. The summed E-state index contributed by atoms with van der Waals surface area (Å²) in [4.78, 5) is 4.94. The maximum absolute atomic E-state index is 8.14. The van der Waals surface area contributed by atoms with Crippen molar-refractivity contribution in [2.75, 3.05) is 42.9 Å². The first kappa shape index (κ1) is 24.3. The Bertz CT molecular complexity index is 1120. The SMILES string of the molecule is CC(CN1CCN(c2ccc(/C=C/C(=N)Nc3ccc(Cl)cc3)c(Cl)c2)CC1)c1ccccc1. The molecule has 1 aliphatic heterocycles. The van der Waals surface area contributed by atoms with E-state index >= 15 is 0 Å². The molecule has 4 rings (SSSR count). The number of rotatable bonds is 7. The number of hydrogen-bond acceptors (Lipinski definition) is 3. The molecule has 0 bridgehead atoms. The van der Waals surface area contributed by atoms with Crippen LogP contribution >= 0.6 is 23.2 Å². The lowest BCUT2D eigenvalue weighted by molar-refractivity contribution is 0.246. The first-order valence-electron chi connectivity index (χ1n) is 11.6. The van der Waals surface area contributed by atoms with Gasteiger partial charge in [-0.1, -0.05) is 66.5 Å². The summed E-state index contributed by atoms with van der Waals surface area (Å²) < 4.78 is 0. The third kappa shape index (κ3) is 6.63. The van der Waals surface area contributed by atoms with Crippen LogP contribution in [0.1, 0.15) is 24.0 Å². The monoisotopic (exact) mass is 492 g/mol. The van der Waals surface area contributed by atoms with Crippen molar-refractivity contribution in [2.45, 2.75) is 12.8 Å². The lowest BCUT2D eigenvalue weighted by Gasteiger charge is -2.37. The largest absolute Gasteiger partial charge is 0.369 e. The number of hydrogen-bond donors (Lipinski definition) is 2. The normalized spacial score (nSPS) is 15.4. The summed E-state index contributed by atoms with van der Waals surface area (Å²) in [5.41, 5.74) is 4.25. The van der Waals surface area contributed by atoms with Crippen molar-refractivity contribution in [3.63, 3.8) is 0 Å². The van der Waals surface area contributed by atoms with Gasteiger partial charge < -0.3 is 10.2 Å². The molecule has 1 unspecified atom stereocenters. The predicted octanol–water partition coefficient (Wildman–Crippen LogP) is 7.02. The van der Waals surface area contributed by atoms with E-state index in [4.69, 9.17) is 28.6 Å². The van der Waals surface area contributed by atoms with Crippen molar-refractivity contribution < 1.29 is 0 Å². The van der Waals surface area contributed by atoms with Gasteiger partial charge in [0, 0.05) is 54.1 Å². The van der Waals surface area contributed by atoms with Gasteiger partial charge in [0.05, 0.1) is 0 Å². The van der Waals surface area contributed by atoms with Crippen LogP contribution in [0.2, 0.25) is 10.0 Å². The minimum atomic E-state index is 0.281. The standard InChI is InChI=1S/C28H30Cl2N4/c1-21(22-5-3-2-4-6-22)20-33-15-17-34(18-16-33)26-13-7-23(27(30)19-26)8-14-28(31)32-25-11-9-24(29)10-12-25/h2-14,19,21H,15-18,20H2,1H3,(H2,31,32)/b14-8+. The van der Waals surface area contributed by atoms with Crippen LogP contribution in [0.4, 0.5) is 11.4 Å². The molecule has 176 valence electrons. The first-order valence-corrected chi connectivity index (χ1v) is 12.3. The van der Waals surface area contributed by atoms with Crippen LogP contribution < -0.4 is 10.2 Å². The highest BCUT2D eigenvalue weighted by atomic mass is 35.5. The summed E-state index contributed by atoms with van der Waals surface area (Å²) in [5.74, 6) is 0.810. The molecule has 3 aromatic carbocycles. The van der Waals surface area contributed by atoms with Crippen LogP contribution in [-0.4, -0.2) is 43.5 Å². The van der Waals surface area contributed by atoms with Crippen LogP contribution in [0, 0.1) is 5.41 Å². The molecule has 1 atom stereocenters. The molecule has 1 saturated heterocycles. The summed E-state index contributed by atoms with van der Waals surface area (Å²) >= 11 is 12.5. The molecule has 4 nitrogen and oxygen atoms in total. The third-order valence-corrected chi connectivity index (χ3v) is 6.75. The van der Waals surface area contributed by atoms with Gasteiger partial charge in [-0.2, -0.15) is 0 Å². The van der Waals surface area contributed by atoms with E-state index in [1.54, 1.807) is 18.2 Å². The van der Waals surface area contributed by atoms with Crippen LogP contribution in [0.3, 0.4) is 0 Å². The van der Waals surface area contributed by atoms with Gasteiger partial charge in [-0.25, -0.2) is 0 Å². The van der Waals surface area contributed by atoms with E-state index in [0.29, 0.717) is 16.0 Å². The molecule has 0 aliphatic carbocycles. The summed E-state index contributed by atoms with van der Waals surface area (Å²) in [5, 5.41) is 12.5. The average molecular weight is 493 g/mol. The minimum Gasteiger partial charge on any atom is -0.369 e. The Morgan fingerprint density at radius 3 is 2.35 bits per heavy atom. The molecule has 3 aromatic rings. The molecule has 34 heavy (non-hydrogen) atoms.